The first-order valence-corrected chi connectivity index (χ1v) is 9.80. The van der Waals surface area contributed by atoms with E-state index >= 15 is 0 Å². The van der Waals surface area contributed by atoms with Crippen LogP contribution in [-0.4, -0.2) is 18.4 Å². The highest BCUT2D eigenvalue weighted by Crippen LogP contribution is 2.25. The number of carbonyl (C=O) groups excluding carboxylic acids is 2. The fraction of sp³-hybridized carbons (Fsp3) is 0.391. The van der Waals surface area contributed by atoms with E-state index in [9.17, 15) is 9.59 Å². The van der Waals surface area contributed by atoms with Crippen molar-refractivity contribution in [3.05, 3.63) is 64.7 Å². The molecule has 2 aromatic carbocycles. The van der Waals surface area contributed by atoms with Crippen molar-refractivity contribution in [2.75, 3.05) is 11.4 Å². The largest absolute Gasteiger partial charge is 0.341 e. The van der Waals surface area contributed by atoms with Crippen LogP contribution in [0.5, 0.6) is 0 Å². The molecule has 2 amide bonds. The van der Waals surface area contributed by atoms with Crippen LogP contribution in [0.25, 0.3) is 0 Å². The number of nitrogens with one attached hydrogen (secondary N) is 1. The molecular formula is C23H28N2O2. The number of benzene rings is 2. The van der Waals surface area contributed by atoms with Crippen molar-refractivity contribution in [3.8, 4) is 0 Å². The second kappa shape index (κ2) is 8.38. The van der Waals surface area contributed by atoms with Crippen LogP contribution in [0.2, 0.25) is 0 Å². The number of nitrogens with zero attached hydrogens (tertiary/aromatic N) is 1. The quantitative estimate of drug-likeness (QED) is 0.830. The van der Waals surface area contributed by atoms with Gasteiger partial charge in [-0.05, 0) is 80.8 Å². The summed E-state index contributed by atoms with van der Waals surface area (Å²) < 4.78 is 0. The van der Waals surface area contributed by atoms with E-state index in [1.807, 2.05) is 45.0 Å². The second-order valence-electron chi connectivity index (χ2n) is 7.32. The molecule has 1 aliphatic carbocycles. The van der Waals surface area contributed by atoms with Gasteiger partial charge in [0.05, 0.1) is 6.04 Å². The molecule has 1 N–H and O–H groups in total. The van der Waals surface area contributed by atoms with Gasteiger partial charge in [-0.3, -0.25) is 9.59 Å². The Hall–Kier alpha value is -2.62. The van der Waals surface area contributed by atoms with Gasteiger partial charge in [-0.15, -0.1) is 0 Å². The molecule has 1 aliphatic rings. The number of hydrogen-bond acceptors (Lipinski definition) is 2. The Bertz CT molecular complexity index is 844. The van der Waals surface area contributed by atoms with Crippen LogP contribution < -0.4 is 10.2 Å². The molecule has 4 nitrogen and oxygen atoms in total. The molecule has 0 heterocycles. The number of hydrogen-bond donors (Lipinski definition) is 1. The molecule has 0 saturated carbocycles. The number of amides is 2. The minimum Gasteiger partial charge on any atom is -0.341 e. The Morgan fingerprint density at radius 3 is 2.52 bits per heavy atom. The number of likely N-dealkylation sites (N-methyl/N-ethyl adjacent to an activating group) is 1. The number of carbonyl (C=O) groups is 2. The second-order valence-corrected chi connectivity index (χ2v) is 7.32. The fourth-order valence-electron chi connectivity index (χ4n) is 3.73. The highest BCUT2D eigenvalue weighted by atomic mass is 16.2. The van der Waals surface area contributed by atoms with Crippen molar-refractivity contribution in [2.24, 2.45) is 0 Å². The summed E-state index contributed by atoms with van der Waals surface area (Å²) in [5.41, 5.74) is 5.65. The smallest absolute Gasteiger partial charge is 0.316 e. The van der Waals surface area contributed by atoms with E-state index < -0.39 is 11.8 Å². The van der Waals surface area contributed by atoms with Gasteiger partial charge in [-0.2, -0.15) is 0 Å². The number of anilines is 1. The average molecular weight is 364 g/mol. The molecule has 142 valence electrons. The summed E-state index contributed by atoms with van der Waals surface area (Å²) >= 11 is 0. The molecule has 0 aromatic heterocycles. The number of fused-ring (bicyclic) bond motifs is 1. The Labute approximate surface area is 161 Å². The standard InChI is InChI=1S/C23H28N2O2/c1-4-25(21-11-7-8-16(2)14-21)23(27)22(26)24-17(3)19-13-12-18-9-5-6-10-20(18)15-19/h7-8,11-15,17H,4-6,9-10H2,1-3H3,(H,24,26). The fourth-order valence-corrected chi connectivity index (χ4v) is 3.73. The molecule has 1 unspecified atom stereocenters. The summed E-state index contributed by atoms with van der Waals surface area (Å²) in [6, 6.07) is 13.9. The maximum absolute atomic E-state index is 12.7. The van der Waals surface area contributed by atoms with Gasteiger partial charge >= 0.3 is 11.8 Å². The minimum atomic E-state index is -0.566. The van der Waals surface area contributed by atoms with Gasteiger partial charge in [-0.1, -0.05) is 30.3 Å². The zero-order chi connectivity index (χ0) is 19.4. The molecule has 4 heteroatoms. The normalized spacial score (nSPS) is 14.2. The molecule has 0 aliphatic heterocycles. The Morgan fingerprint density at radius 2 is 1.81 bits per heavy atom. The molecule has 3 rings (SSSR count). The monoisotopic (exact) mass is 364 g/mol. The van der Waals surface area contributed by atoms with E-state index in [1.165, 1.54) is 28.9 Å². The molecule has 1 atom stereocenters. The van der Waals surface area contributed by atoms with E-state index in [4.69, 9.17) is 0 Å². The molecule has 0 spiro atoms. The minimum absolute atomic E-state index is 0.204. The predicted molar refractivity (Wildman–Crippen MR) is 109 cm³/mol. The van der Waals surface area contributed by atoms with Crippen LogP contribution in [0.15, 0.2) is 42.5 Å². The lowest BCUT2D eigenvalue weighted by atomic mass is 9.89. The van der Waals surface area contributed by atoms with E-state index in [-0.39, 0.29) is 6.04 Å². The maximum atomic E-state index is 12.7. The first kappa shape index (κ1) is 19.2. The van der Waals surface area contributed by atoms with Crippen molar-refractivity contribution >= 4 is 17.5 Å². The zero-order valence-corrected chi connectivity index (χ0v) is 16.4. The lowest BCUT2D eigenvalue weighted by Gasteiger charge is -2.23. The SMILES string of the molecule is CCN(C(=O)C(=O)NC(C)c1ccc2c(c1)CCCC2)c1cccc(C)c1. The first-order valence-electron chi connectivity index (χ1n) is 9.80. The summed E-state index contributed by atoms with van der Waals surface area (Å²) in [5.74, 6) is -1.09. The van der Waals surface area contributed by atoms with Crippen molar-refractivity contribution in [1.82, 2.24) is 5.32 Å². The van der Waals surface area contributed by atoms with Crippen LogP contribution >= 0.6 is 0 Å². The number of aryl methyl sites for hydroxylation is 3. The van der Waals surface area contributed by atoms with E-state index in [0.29, 0.717) is 6.54 Å². The topological polar surface area (TPSA) is 49.4 Å². The van der Waals surface area contributed by atoms with Crippen molar-refractivity contribution in [2.45, 2.75) is 52.5 Å². The molecule has 0 saturated heterocycles. The summed E-state index contributed by atoms with van der Waals surface area (Å²) in [6.45, 7) is 6.22. The van der Waals surface area contributed by atoms with Gasteiger partial charge in [0.25, 0.3) is 0 Å². The Kier molecular flexibility index (Phi) is 5.94. The molecule has 0 radical (unpaired) electrons. The van der Waals surface area contributed by atoms with Gasteiger partial charge in [0.2, 0.25) is 0 Å². The van der Waals surface area contributed by atoms with Gasteiger partial charge < -0.3 is 10.2 Å². The zero-order valence-electron chi connectivity index (χ0n) is 16.4. The molecule has 0 bridgehead atoms. The van der Waals surface area contributed by atoms with Gasteiger partial charge in [0.1, 0.15) is 0 Å². The number of rotatable bonds is 4. The first-order chi connectivity index (χ1) is 13.0. The Morgan fingerprint density at radius 1 is 1.07 bits per heavy atom. The Balaban J connectivity index is 1.70. The van der Waals surface area contributed by atoms with Gasteiger partial charge in [0, 0.05) is 12.2 Å². The highest BCUT2D eigenvalue weighted by molar-refractivity contribution is 6.40. The van der Waals surface area contributed by atoms with Crippen molar-refractivity contribution < 1.29 is 9.59 Å². The summed E-state index contributed by atoms with van der Waals surface area (Å²) in [4.78, 5) is 26.8. The predicted octanol–water partition coefficient (Wildman–Crippen LogP) is 4.10. The van der Waals surface area contributed by atoms with Crippen molar-refractivity contribution in [1.29, 1.82) is 0 Å². The summed E-state index contributed by atoms with van der Waals surface area (Å²) in [6.07, 6.45) is 4.70. The average Bonchev–Trinajstić information content (AvgIpc) is 2.68. The third-order valence-electron chi connectivity index (χ3n) is 5.29. The van der Waals surface area contributed by atoms with Gasteiger partial charge in [0.15, 0.2) is 0 Å². The van der Waals surface area contributed by atoms with Crippen LogP contribution in [0, 0.1) is 6.92 Å². The molecule has 27 heavy (non-hydrogen) atoms. The van der Waals surface area contributed by atoms with Crippen LogP contribution in [-0.2, 0) is 22.4 Å². The van der Waals surface area contributed by atoms with Crippen LogP contribution in [0.4, 0.5) is 5.69 Å². The molecular weight excluding hydrogens is 336 g/mol. The lowest BCUT2D eigenvalue weighted by molar-refractivity contribution is -0.138. The third kappa shape index (κ3) is 4.38. The highest BCUT2D eigenvalue weighted by Gasteiger charge is 2.24. The lowest BCUT2D eigenvalue weighted by Crippen LogP contribution is -2.44. The van der Waals surface area contributed by atoms with E-state index in [2.05, 4.69) is 23.5 Å². The molecule has 2 aromatic rings. The van der Waals surface area contributed by atoms with Crippen LogP contribution in [0.1, 0.15) is 55.0 Å². The van der Waals surface area contributed by atoms with E-state index in [1.54, 1.807) is 0 Å². The van der Waals surface area contributed by atoms with Crippen molar-refractivity contribution in [3.63, 3.8) is 0 Å². The summed E-state index contributed by atoms with van der Waals surface area (Å²) in [5, 5.41) is 2.87. The third-order valence-corrected chi connectivity index (χ3v) is 5.29. The maximum Gasteiger partial charge on any atom is 0.316 e. The molecule has 0 fully saturated rings. The van der Waals surface area contributed by atoms with E-state index in [0.717, 1.165) is 29.7 Å². The van der Waals surface area contributed by atoms with Gasteiger partial charge in [-0.25, -0.2) is 0 Å². The van der Waals surface area contributed by atoms with Crippen LogP contribution in [0.3, 0.4) is 0 Å². The summed E-state index contributed by atoms with van der Waals surface area (Å²) in [7, 11) is 0.